The standard InChI is InChI=1S/C12H13N3O2/c1-2-17-12(16)9-14-7-8-15(10-14)11-5-3-4-6-13-11/h3-8H,2,9H2,1H3. The van der Waals surface area contributed by atoms with Gasteiger partial charge in [-0.3, -0.25) is 4.98 Å². The van der Waals surface area contributed by atoms with Gasteiger partial charge in [0, 0.05) is 18.6 Å². The Hall–Kier alpha value is -2.17. The van der Waals surface area contributed by atoms with E-state index in [9.17, 15) is 4.79 Å². The lowest BCUT2D eigenvalue weighted by Crippen LogP contribution is -2.37. The molecule has 2 heterocycles. The Morgan fingerprint density at radius 2 is 2.47 bits per heavy atom. The van der Waals surface area contributed by atoms with E-state index in [-0.39, 0.29) is 12.5 Å². The molecule has 0 aromatic carbocycles. The molecule has 0 fully saturated rings. The van der Waals surface area contributed by atoms with Crippen molar-refractivity contribution in [3.05, 3.63) is 43.1 Å². The predicted molar refractivity (Wildman–Crippen MR) is 59.2 cm³/mol. The molecule has 0 N–H and O–H groups in total. The van der Waals surface area contributed by atoms with Crippen LogP contribution in [-0.2, 0) is 16.1 Å². The third-order valence-corrected chi connectivity index (χ3v) is 2.13. The Labute approximate surface area is 99.3 Å². The van der Waals surface area contributed by atoms with Crippen molar-refractivity contribution in [1.82, 2.24) is 9.55 Å². The first kappa shape index (κ1) is 11.3. The van der Waals surface area contributed by atoms with Crippen molar-refractivity contribution in [1.29, 1.82) is 0 Å². The average Bonchev–Trinajstić information content (AvgIpc) is 2.79. The number of rotatable bonds is 4. The molecule has 0 bridgehead atoms. The lowest BCUT2D eigenvalue weighted by atomic mass is 10.5. The molecule has 0 amide bonds. The van der Waals surface area contributed by atoms with Crippen LogP contribution >= 0.6 is 0 Å². The maximum absolute atomic E-state index is 11.3. The van der Waals surface area contributed by atoms with Crippen molar-refractivity contribution in [2.24, 2.45) is 0 Å². The Bertz CT molecular complexity index is 493. The third-order valence-electron chi connectivity index (χ3n) is 2.13. The number of carbonyl (C=O) groups excluding carboxylic acids is 1. The number of ether oxygens (including phenoxy) is 1. The van der Waals surface area contributed by atoms with Gasteiger partial charge >= 0.3 is 5.97 Å². The Kier molecular flexibility index (Phi) is 3.49. The molecule has 0 aliphatic rings. The monoisotopic (exact) mass is 231 g/mol. The summed E-state index contributed by atoms with van der Waals surface area (Å²) < 4.78 is 8.21. The second-order valence-electron chi connectivity index (χ2n) is 3.39. The van der Waals surface area contributed by atoms with Crippen molar-refractivity contribution in [2.45, 2.75) is 13.5 Å². The van der Waals surface area contributed by atoms with Gasteiger partial charge in [0.15, 0.2) is 6.54 Å². The van der Waals surface area contributed by atoms with E-state index in [4.69, 9.17) is 4.74 Å². The lowest BCUT2D eigenvalue weighted by Gasteiger charge is -2.01. The fourth-order valence-electron chi connectivity index (χ4n) is 1.41. The van der Waals surface area contributed by atoms with Crippen LogP contribution < -0.4 is 4.57 Å². The molecule has 0 aliphatic heterocycles. The van der Waals surface area contributed by atoms with Crippen LogP contribution in [0.15, 0.2) is 36.8 Å². The highest BCUT2D eigenvalue weighted by atomic mass is 16.5. The maximum Gasteiger partial charge on any atom is 0.346 e. The molecular formula is C12H13N3O2. The van der Waals surface area contributed by atoms with E-state index in [0.29, 0.717) is 6.61 Å². The van der Waals surface area contributed by atoms with Crippen LogP contribution in [0.3, 0.4) is 0 Å². The van der Waals surface area contributed by atoms with Gasteiger partial charge in [0.05, 0.1) is 6.61 Å². The van der Waals surface area contributed by atoms with Crippen LogP contribution in [-0.4, -0.2) is 22.1 Å². The van der Waals surface area contributed by atoms with Gasteiger partial charge < -0.3 is 13.9 Å². The summed E-state index contributed by atoms with van der Waals surface area (Å²) in [7, 11) is 0. The number of pyridine rings is 1. The highest BCUT2D eigenvalue weighted by Crippen LogP contribution is 1.99. The van der Waals surface area contributed by atoms with Gasteiger partial charge in [0.2, 0.25) is 6.33 Å². The summed E-state index contributed by atoms with van der Waals surface area (Å²) in [6, 6.07) is 5.61. The van der Waals surface area contributed by atoms with Crippen LogP contribution in [0.25, 0.3) is 5.82 Å². The number of aromatic nitrogens is 3. The summed E-state index contributed by atoms with van der Waals surface area (Å²) >= 11 is 0. The Morgan fingerprint density at radius 3 is 3.18 bits per heavy atom. The second kappa shape index (κ2) is 5.25. The van der Waals surface area contributed by atoms with Crippen LogP contribution in [0, 0.1) is 6.33 Å². The molecule has 5 nitrogen and oxygen atoms in total. The Balaban J connectivity index is 2.09. The van der Waals surface area contributed by atoms with E-state index < -0.39 is 0 Å². The topological polar surface area (TPSA) is 48.0 Å². The number of imidazole rings is 1. The molecule has 2 aromatic heterocycles. The number of hydrogen-bond acceptors (Lipinski definition) is 3. The molecule has 0 unspecified atom stereocenters. The van der Waals surface area contributed by atoms with Gasteiger partial charge in [-0.25, -0.2) is 4.79 Å². The SMILES string of the molecule is CCOC(=O)C[n+]1[c-]n(-c2ccccn2)cc1. The number of hydrogen-bond donors (Lipinski definition) is 0. The van der Waals surface area contributed by atoms with Crippen LogP contribution in [0.1, 0.15) is 6.92 Å². The van der Waals surface area contributed by atoms with Crippen molar-refractivity contribution in [3.8, 4) is 5.82 Å². The first-order chi connectivity index (χ1) is 8.29. The summed E-state index contributed by atoms with van der Waals surface area (Å²) in [6.07, 6.45) is 8.24. The molecule has 0 saturated heterocycles. The molecule has 0 spiro atoms. The first-order valence-electron chi connectivity index (χ1n) is 5.36. The van der Waals surface area contributed by atoms with Gasteiger partial charge in [0.25, 0.3) is 0 Å². The van der Waals surface area contributed by atoms with Crippen molar-refractivity contribution >= 4 is 5.97 Å². The number of esters is 1. The zero-order valence-electron chi connectivity index (χ0n) is 9.54. The maximum atomic E-state index is 11.3. The van der Waals surface area contributed by atoms with E-state index in [1.54, 1.807) is 34.6 Å². The highest BCUT2D eigenvalue weighted by molar-refractivity contribution is 5.67. The van der Waals surface area contributed by atoms with Crippen molar-refractivity contribution in [3.63, 3.8) is 0 Å². The summed E-state index contributed by atoms with van der Waals surface area (Å²) in [5, 5.41) is 0. The van der Waals surface area contributed by atoms with Gasteiger partial charge in [-0.15, -0.1) is 0 Å². The zero-order chi connectivity index (χ0) is 12.1. The predicted octanol–water partition coefficient (Wildman–Crippen LogP) is 0.523. The largest absolute Gasteiger partial charge is 0.463 e. The second-order valence-corrected chi connectivity index (χ2v) is 3.39. The molecule has 0 aliphatic carbocycles. The fourth-order valence-corrected chi connectivity index (χ4v) is 1.41. The molecule has 0 saturated carbocycles. The number of carbonyl (C=O) groups is 1. The molecule has 2 aromatic rings. The quantitative estimate of drug-likeness (QED) is 0.438. The summed E-state index contributed by atoms with van der Waals surface area (Å²) in [4.78, 5) is 15.5. The van der Waals surface area contributed by atoms with Crippen LogP contribution in [0.2, 0.25) is 0 Å². The minimum absolute atomic E-state index is 0.160. The molecule has 0 atom stereocenters. The average molecular weight is 231 g/mol. The first-order valence-corrected chi connectivity index (χ1v) is 5.36. The molecular weight excluding hydrogens is 218 g/mol. The molecule has 17 heavy (non-hydrogen) atoms. The van der Waals surface area contributed by atoms with Crippen LogP contribution in [0.4, 0.5) is 0 Å². The van der Waals surface area contributed by atoms with E-state index >= 15 is 0 Å². The number of nitrogens with zero attached hydrogens (tertiary/aromatic N) is 3. The minimum atomic E-state index is -0.271. The van der Waals surface area contributed by atoms with Gasteiger partial charge in [-0.05, 0) is 19.1 Å². The Morgan fingerprint density at radius 1 is 1.59 bits per heavy atom. The highest BCUT2D eigenvalue weighted by Gasteiger charge is 2.06. The van der Waals surface area contributed by atoms with Gasteiger partial charge in [0.1, 0.15) is 5.82 Å². The van der Waals surface area contributed by atoms with Crippen molar-refractivity contribution in [2.75, 3.05) is 6.61 Å². The molecule has 88 valence electrons. The molecule has 2 rings (SSSR count). The van der Waals surface area contributed by atoms with Gasteiger partial charge in [-0.2, -0.15) is 0 Å². The van der Waals surface area contributed by atoms with E-state index in [1.165, 1.54) is 0 Å². The summed E-state index contributed by atoms with van der Waals surface area (Å²) in [5.74, 6) is 0.489. The van der Waals surface area contributed by atoms with E-state index in [0.717, 1.165) is 5.82 Å². The van der Waals surface area contributed by atoms with E-state index in [1.807, 2.05) is 18.2 Å². The minimum Gasteiger partial charge on any atom is -0.463 e. The molecule has 5 heteroatoms. The summed E-state index contributed by atoms with van der Waals surface area (Å²) in [6.45, 7) is 2.33. The molecule has 0 radical (unpaired) electrons. The van der Waals surface area contributed by atoms with Gasteiger partial charge in [-0.1, -0.05) is 6.07 Å². The normalized spacial score (nSPS) is 10.2. The smallest absolute Gasteiger partial charge is 0.346 e. The summed E-state index contributed by atoms with van der Waals surface area (Å²) in [5.41, 5.74) is 0. The lowest BCUT2D eigenvalue weighted by molar-refractivity contribution is -0.689. The zero-order valence-corrected chi connectivity index (χ0v) is 9.54. The third kappa shape index (κ3) is 2.90. The van der Waals surface area contributed by atoms with Crippen LogP contribution in [0.5, 0.6) is 0 Å². The fraction of sp³-hybridized carbons (Fsp3) is 0.250. The van der Waals surface area contributed by atoms with Crippen molar-refractivity contribution < 1.29 is 14.1 Å². The van der Waals surface area contributed by atoms with E-state index in [2.05, 4.69) is 11.3 Å².